The van der Waals surface area contributed by atoms with Crippen molar-refractivity contribution in [3.05, 3.63) is 54.2 Å². The van der Waals surface area contributed by atoms with E-state index in [1.165, 1.54) is 17.7 Å². The van der Waals surface area contributed by atoms with Crippen molar-refractivity contribution >= 4 is 23.3 Å². The molecule has 0 saturated carbocycles. The van der Waals surface area contributed by atoms with Gasteiger partial charge in [0.1, 0.15) is 0 Å². The van der Waals surface area contributed by atoms with Gasteiger partial charge in [0.05, 0.1) is 25.1 Å². The summed E-state index contributed by atoms with van der Waals surface area (Å²) in [5.41, 5.74) is 3.38. The van der Waals surface area contributed by atoms with E-state index in [0.717, 1.165) is 63.8 Å². The van der Waals surface area contributed by atoms with Gasteiger partial charge in [0.25, 0.3) is 0 Å². The van der Waals surface area contributed by atoms with Crippen molar-refractivity contribution in [3.8, 4) is 0 Å². The molecule has 5 heterocycles. The molecule has 230 valence electrons. The van der Waals surface area contributed by atoms with Gasteiger partial charge in [0.2, 0.25) is 0 Å². The van der Waals surface area contributed by atoms with E-state index in [9.17, 15) is 26.3 Å². The molecule has 0 aliphatic carbocycles. The highest BCUT2D eigenvalue weighted by atomic mass is 19.4. The third-order valence-corrected chi connectivity index (χ3v) is 6.19. The van der Waals surface area contributed by atoms with Crippen LogP contribution in [0.5, 0.6) is 0 Å². The average Bonchev–Trinajstić information content (AvgIpc) is 3.38. The van der Waals surface area contributed by atoms with Gasteiger partial charge in [-0.05, 0) is 43.1 Å². The Labute approximate surface area is 235 Å². The van der Waals surface area contributed by atoms with Gasteiger partial charge in [-0.15, -0.1) is 0 Å². The number of piperidine rings is 1. The molecule has 2 fully saturated rings. The van der Waals surface area contributed by atoms with Gasteiger partial charge in [-0.1, -0.05) is 6.07 Å². The number of aromatic nitrogens is 4. The number of halogens is 6. The predicted octanol–water partition coefficient (Wildman–Crippen LogP) is 3.61. The third kappa shape index (κ3) is 9.83. The Morgan fingerprint density at radius 2 is 1.62 bits per heavy atom. The summed E-state index contributed by atoms with van der Waals surface area (Å²) in [7, 11) is 0. The number of ether oxygens (including phenoxy) is 1. The molecule has 0 bridgehead atoms. The van der Waals surface area contributed by atoms with Gasteiger partial charge >= 0.3 is 24.3 Å². The van der Waals surface area contributed by atoms with Crippen molar-refractivity contribution in [2.24, 2.45) is 0 Å². The molecule has 2 aliphatic rings. The number of carboxylic acid groups (broad SMARTS) is 2. The molecule has 17 heteroatoms. The minimum absolute atomic E-state index is 0.386. The van der Waals surface area contributed by atoms with Gasteiger partial charge in [0, 0.05) is 44.5 Å². The number of anilines is 1. The van der Waals surface area contributed by atoms with E-state index in [2.05, 4.69) is 39.2 Å². The standard InChI is InChI=1S/C21H26N6O.2C2HF3O2/c1-3-17(13-22-7-1)14-25-8-2-4-18(15-25)21-23-20-6-5-19(16-27(20)24-21)26-9-11-28-12-10-26;2*3-2(4,5)1(6)7/h1,3,5-7,13,16,18H,2,4,8-12,14-15H2;2*(H,6,7). The zero-order valence-electron chi connectivity index (χ0n) is 22.1. The summed E-state index contributed by atoms with van der Waals surface area (Å²) >= 11 is 0. The van der Waals surface area contributed by atoms with Crippen LogP contribution in [-0.4, -0.2) is 98.4 Å². The normalized spacial score (nSPS) is 18.0. The Bertz CT molecular complexity index is 1290. The van der Waals surface area contributed by atoms with Crippen molar-refractivity contribution in [1.29, 1.82) is 0 Å². The number of carboxylic acids is 2. The van der Waals surface area contributed by atoms with Crippen molar-refractivity contribution < 1.29 is 50.9 Å². The second kappa shape index (κ2) is 14.3. The SMILES string of the molecule is O=C(O)C(F)(F)F.O=C(O)C(F)(F)F.c1cncc(CN2CCCC(c3nc4ccc(N5CCOCC5)cn4n3)C2)c1. The number of likely N-dealkylation sites (tertiary alicyclic amines) is 1. The second-order valence-electron chi connectivity index (χ2n) is 9.30. The van der Waals surface area contributed by atoms with E-state index >= 15 is 0 Å². The molecule has 42 heavy (non-hydrogen) atoms. The molecule has 1 unspecified atom stereocenters. The maximum absolute atomic E-state index is 10.6. The van der Waals surface area contributed by atoms with Crippen LogP contribution in [0.2, 0.25) is 0 Å². The lowest BCUT2D eigenvalue weighted by molar-refractivity contribution is -0.193. The highest BCUT2D eigenvalue weighted by Gasteiger charge is 2.38. The monoisotopic (exact) mass is 606 g/mol. The largest absolute Gasteiger partial charge is 0.490 e. The van der Waals surface area contributed by atoms with Crippen LogP contribution >= 0.6 is 0 Å². The van der Waals surface area contributed by atoms with E-state index in [-0.39, 0.29) is 0 Å². The summed E-state index contributed by atoms with van der Waals surface area (Å²) in [4.78, 5) is 31.7. The number of alkyl halides is 6. The maximum Gasteiger partial charge on any atom is 0.490 e. The average molecular weight is 607 g/mol. The number of rotatable bonds is 4. The number of hydrogen-bond acceptors (Lipinski definition) is 8. The number of nitrogens with zero attached hydrogens (tertiary/aromatic N) is 6. The molecule has 2 saturated heterocycles. The van der Waals surface area contributed by atoms with Gasteiger partial charge < -0.3 is 19.8 Å². The van der Waals surface area contributed by atoms with E-state index in [1.54, 1.807) is 0 Å². The summed E-state index contributed by atoms with van der Waals surface area (Å²) in [6.45, 7) is 6.50. The summed E-state index contributed by atoms with van der Waals surface area (Å²) < 4.78 is 70.9. The van der Waals surface area contributed by atoms with Gasteiger partial charge in [-0.25, -0.2) is 19.1 Å². The molecule has 0 amide bonds. The lowest BCUT2D eigenvalue weighted by Crippen LogP contribution is -2.36. The van der Waals surface area contributed by atoms with Crippen LogP contribution in [0.3, 0.4) is 0 Å². The second-order valence-corrected chi connectivity index (χ2v) is 9.30. The zero-order chi connectivity index (χ0) is 30.9. The molecular weight excluding hydrogens is 578 g/mol. The third-order valence-electron chi connectivity index (χ3n) is 6.19. The summed E-state index contributed by atoms with van der Waals surface area (Å²) in [5, 5.41) is 19.1. The van der Waals surface area contributed by atoms with Crippen LogP contribution in [0.15, 0.2) is 42.9 Å². The molecule has 0 aromatic carbocycles. The lowest BCUT2D eigenvalue weighted by Gasteiger charge is -2.31. The molecule has 2 N–H and O–H groups in total. The Balaban J connectivity index is 0.000000289. The van der Waals surface area contributed by atoms with Gasteiger partial charge in [0.15, 0.2) is 11.5 Å². The number of pyridine rings is 2. The summed E-state index contributed by atoms with van der Waals surface area (Å²) in [5.74, 6) is -4.16. The minimum Gasteiger partial charge on any atom is -0.475 e. The van der Waals surface area contributed by atoms with Crippen LogP contribution in [0.1, 0.15) is 30.1 Å². The fourth-order valence-corrected chi connectivity index (χ4v) is 4.23. The van der Waals surface area contributed by atoms with E-state index in [1.807, 2.05) is 23.0 Å². The Morgan fingerprint density at radius 1 is 0.976 bits per heavy atom. The van der Waals surface area contributed by atoms with Crippen molar-refractivity contribution in [1.82, 2.24) is 24.5 Å². The maximum atomic E-state index is 10.6. The molecule has 3 aromatic heterocycles. The van der Waals surface area contributed by atoms with E-state index in [4.69, 9.17) is 34.6 Å². The Kier molecular flexibility index (Phi) is 11.0. The van der Waals surface area contributed by atoms with Crippen LogP contribution < -0.4 is 4.90 Å². The molecular formula is C25H28F6N6O5. The number of fused-ring (bicyclic) bond motifs is 1. The fourth-order valence-electron chi connectivity index (χ4n) is 4.23. The van der Waals surface area contributed by atoms with E-state index < -0.39 is 24.3 Å². The highest BCUT2D eigenvalue weighted by Crippen LogP contribution is 2.27. The molecule has 1 atom stereocenters. The first kappa shape index (κ1) is 32.5. The molecule has 0 spiro atoms. The molecule has 11 nitrogen and oxygen atoms in total. The fraction of sp³-hybridized carbons (Fsp3) is 0.480. The number of morpholine rings is 1. The predicted molar refractivity (Wildman–Crippen MR) is 135 cm³/mol. The van der Waals surface area contributed by atoms with Crippen LogP contribution in [0.4, 0.5) is 32.0 Å². The van der Waals surface area contributed by atoms with Gasteiger partial charge in [-0.3, -0.25) is 9.88 Å². The smallest absolute Gasteiger partial charge is 0.475 e. The van der Waals surface area contributed by atoms with Crippen LogP contribution in [0.25, 0.3) is 5.65 Å². The zero-order valence-corrected chi connectivity index (χ0v) is 22.1. The lowest BCUT2D eigenvalue weighted by atomic mass is 9.97. The van der Waals surface area contributed by atoms with Crippen molar-refractivity contribution in [2.75, 3.05) is 44.3 Å². The number of aliphatic carboxylic acids is 2. The van der Waals surface area contributed by atoms with Crippen molar-refractivity contribution in [2.45, 2.75) is 37.7 Å². The molecule has 0 radical (unpaired) electrons. The number of carbonyl (C=O) groups is 2. The molecule has 3 aromatic rings. The highest BCUT2D eigenvalue weighted by molar-refractivity contribution is 5.73. The van der Waals surface area contributed by atoms with E-state index in [0.29, 0.717) is 5.92 Å². The minimum atomic E-state index is -5.08. The van der Waals surface area contributed by atoms with Crippen molar-refractivity contribution in [3.63, 3.8) is 0 Å². The quantitative estimate of drug-likeness (QED) is 0.425. The van der Waals surface area contributed by atoms with Crippen LogP contribution in [-0.2, 0) is 20.9 Å². The first-order valence-electron chi connectivity index (χ1n) is 12.6. The summed E-state index contributed by atoms with van der Waals surface area (Å²) in [6.07, 6.45) is -1.95. The topological polar surface area (TPSA) is 133 Å². The van der Waals surface area contributed by atoms with Gasteiger partial charge in [-0.2, -0.15) is 31.4 Å². The first-order valence-corrected chi connectivity index (χ1v) is 12.6. The number of hydrogen-bond donors (Lipinski definition) is 2. The molecule has 5 rings (SSSR count). The van der Waals surface area contributed by atoms with Crippen LogP contribution in [0, 0.1) is 0 Å². The Morgan fingerprint density at radius 3 is 2.19 bits per heavy atom. The first-order chi connectivity index (χ1) is 19.7. The molecule has 2 aliphatic heterocycles. The Hall–Kier alpha value is -3.99. The summed E-state index contributed by atoms with van der Waals surface area (Å²) in [6, 6.07) is 8.38.